The van der Waals surface area contributed by atoms with Gasteiger partial charge in [0.25, 0.3) is 0 Å². The van der Waals surface area contributed by atoms with Crippen molar-refractivity contribution < 1.29 is 9.50 Å². The lowest BCUT2D eigenvalue weighted by Gasteiger charge is -2.14. The Kier molecular flexibility index (Phi) is 4.51. The first kappa shape index (κ1) is 11.6. The van der Waals surface area contributed by atoms with E-state index in [-0.39, 0.29) is 18.5 Å². The summed E-state index contributed by atoms with van der Waals surface area (Å²) in [6.45, 7) is 2.38. The van der Waals surface area contributed by atoms with Crippen molar-refractivity contribution in [3.63, 3.8) is 0 Å². The van der Waals surface area contributed by atoms with Gasteiger partial charge in [0.15, 0.2) is 0 Å². The second-order valence-corrected chi connectivity index (χ2v) is 3.98. The van der Waals surface area contributed by atoms with Crippen LogP contribution in [-0.2, 0) is 0 Å². The molecule has 1 atom stereocenters. The van der Waals surface area contributed by atoms with Crippen molar-refractivity contribution >= 4 is 15.9 Å². The van der Waals surface area contributed by atoms with Crippen molar-refractivity contribution in [1.82, 2.24) is 5.32 Å². The fourth-order valence-corrected chi connectivity index (χ4v) is 1.62. The normalized spacial score (nSPS) is 12.9. The molecule has 0 amide bonds. The first-order valence-electron chi connectivity index (χ1n) is 4.44. The van der Waals surface area contributed by atoms with Crippen molar-refractivity contribution in [2.75, 3.05) is 13.2 Å². The molecular formula is C10H13BrFNO. The molecule has 0 saturated heterocycles. The van der Waals surface area contributed by atoms with E-state index in [1.54, 1.807) is 12.1 Å². The van der Waals surface area contributed by atoms with Gasteiger partial charge in [-0.2, -0.15) is 0 Å². The third-order valence-corrected chi connectivity index (χ3v) is 2.48. The molecule has 0 aliphatic rings. The Morgan fingerprint density at radius 1 is 1.57 bits per heavy atom. The van der Waals surface area contributed by atoms with Crippen LogP contribution in [0.1, 0.15) is 18.5 Å². The molecule has 1 rings (SSSR count). The standard InChI is InChI=1S/C10H13BrFNO/c1-7(13-4-5-14)9-6-8(11)2-3-10(9)12/h2-3,6-7,13-14H,4-5H2,1H3. The fourth-order valence-electron chi connectivity index (χ4n) is 1.24. The molecule has 0 aliphatic carbocycles. The molecular weight excluding hydrogens is 249 g/mol. The van der Waals surface area contributed by atoms with E-state index in [1.807, 2.05) is 6.92 Å². The predicted octanol–water partition coefficient (Wildman–Crippen LogP) is 2.23. The second-order valence-electron chi connectivity index (χ2n) is 3.07. The molecule has 0 aromatic heterocycles. The topological polar surface area (TPSA) is 32.3 Å². The summed E-state index contributed by atoms with van der Waals surface area (Å²) in [4.78, 5) is 0. The molecule has 0 fully saturated rings. The third kappa shape index (κ3) is 3.04. The van der Waals surface area contributed by atoms with Gasteiger partial charge in [-0.3, -0.25) is 0 Å². The lowest BCUT2D eigenvalue weighted by Crippen LogP contribution is -2.22. The van der Waals surface area contributed by atoms with Crippen molar-refractivity contribution in [3.8, 4) is 0 Å². The first-order valence-corrected chi connectivity index (χ1v) is 5.23. The summed E-state index contributed by atoms with van der Waals surface area (Å²) in [6, 6.07) is 4.73. The minimum absolute atomic E-state index is 0.0555. The van der Waals surface area contributed by atoms with Crippen molar-refractivity contribution in [2.24, 2.45) is 0 Å². The Morgan fingerprint density at radius 2 is 2.29 bits per heavy atom. The molecule has 2 N–H and O–H groups in total. The molecule has 14 heavy (non-hydrogen) atoms. The van der Waals surface area contributed by atoms with Crippen LogP contribution in [-0.4, -0.2) is 18.3 Å². The Labute approximate surface area is 91.3 Å². The van der Waals surface area contributed by atoms with Crippen LogP contribution in [0.4, 0.5) is 4.39 Å². The zero-order chi connectivity index (χ0) is 10.6. The fraction of sp³-hybridized carbons (Fsp3) is 0.400. The van der Waals surface area contributed by atoms with Crippen molar-refractivity contribution in [2.45, 2.75) is 13.0 Å². The lowest BCUT2D eigenvalue weighted by atomic mass is 10.1. The van der Waals surface area contributed by atoms with E-state index in [4.69, 9.17) is 5.11 Å². The van der Waals surface area contributed by atoms with Gasteiger partial charge in [0, 0.05) is 22.6 Å². The van der Waals surface area contributed by atoms with E-state index in [9.17, 15) is 4.39 Å². The van der Waals surface area contributed by atoms with Crippen molar-refractivity contribution in [1.29, 1.82) is 0 Å². The first-order chi connectivity index (χ1) is 6.65. The van der Waals surface area contributed by atoms with Crippen LogP contribution in [0.2, 0.25) is 0 Å². The smallest absolute Gasteiger partial charge is 0.128 e. The average molecular weight is 262 g/mol. The van der Waals surface area contributed by atoms with E-state index >= 15 is 0 Å². The van der Waals surface area contributed by atoms with Crippen LogP contribution >= 0.6 is 15.9 Å². The van der Waals surface area contributed by atoms with Gasteiger partial charge in [-0.1, -0.05) is 15.9 Å². The molecule has 1 unspecified atom stereocenters. The highest BCUT2D eigenvalue weighted by molar-refractivity contribution is 9.10. The molecule has 0 saturated carbocycles. The number of aliphatic hydroxyl groups excluding tert-OH is 1. The molecule has 1 aromatic rings. The van der Waals surface area contributed by atoms with Gasteiger partial charge in [0.2, 0.25) is 0 Å². The van der Waals surface area contributed by atoms with Gasteiger partial charge >= 0.3 is 0 Å². The highest BCUT2D eigenvalue weighted by Gasteiger charge is 2.09. The highest BCUT2D eigenvalue weighted by Crippen LogP contribution is 2.21. The SMILES string of the molecule is CC(NCCO)c1cc(Br)ccc1F. The maximum atomic E-state index is 13.3. The summed E-state index contributed by atoms with van der Waals surface area (Å²) >= 11 is 3.29. The van der Waals surface area contributed by atoms with Crippen LogP contribution < -0.4 is 5.32 Å². The molecule has 0 heterocycles. The maximum absolute atomic E-state index is 13.3. The van der Waals surface area contributed by atoms with E-state index in [0.29, 0.717) is 12.1 Å². The molecule has 0 spiro atoms. The predicted molar refractivity (Wildman–Crippen MR) is 57.6 cm³/mol. The number of benzene rings is 1. The van der Waals surface area contributed by atoms with Crippen LogP contribution in [0.3, 0.4) is 0 Å². The molecule has 1 aromatic carbocycles. The largest absolute Gasteiger partial charge is 0.395 e. The van der Waals surface area contributed by atoms with Crippen LogP contribution in [0.5, 0.6) is 0 Å². The Bertz CT molecular complexity index is 306. The Morgan fingerprint density at radius 3 is 2.93 bits per heavy atom. The molecule has 0 aliphatic heterocycles. The van der Waals surface area contributed by atoms with Gasteiger partial charge in [-0.05, 0) is 25.1 Å². The van der Waals surface area contributed by atoms with Crippen LogP contribution in [0.15, 0.2) is 22.7 Å². The van der Waals surface area contributed by atoms with Gasteiger partial charge in [0.05, 0.1) is 6.61 Å². The number of hydrogen-bond donors (Lipinski definition) is 2. The minimum Gasteiger partial charge on any atom is -0.395 e. The summed E-state index contributed by atoms with van der Waals surface area (Å²) in [5, 5.41) is 11.6. The molecule has 4 heteroatoms. The molecule has 2 nitrogen and oxygen atoms in total. The summed E-state index contributed by atoms with van der Waals surface area (Å²) in [7, 11) is 0. The zero-order valence-electron chi connectivity index (χ0n) is 7.93. The van der Waals surface area contributed by atoms with E-state index in [1.165, 1.54) is 6.07 Å². The molecule has 0 bridgehead atoms. The second kappa shape index (κ2) is 5.44. The van der Waals surface area contributed by atoms with Gasteiger partial charge in [0.1, 0.15) is 5.82 Å². The van der Waals surface area contributed by atoms with Crippen LogP contribution in [0, 0.1) is 5.82 Å². The maximum Gasteiger partial charge on any atom is 0.128 e. The number of nitrogens with one attached hydrogen (secondary N) is 1. The summed E-state index contributed by atoms with van der Waals surface area (Å²) in [6.07, 6.45) is 0. The monoisotopic (exact) mass is 261 g/mol. The zero-order valence-corrected chi connectivity index (χ0v) is 9.51. The van der Waals surface area contributed by atoms with Crippen LogP contribution in [0.25, 0.3) is 0 Å². The Hall–Kier alpha value is -0.450. The number of hydrogen-bond acceptors (Lipinski definition) is 2. The summed E-state index contributed by atoms with van der Waals surface area (Å²) < 4.78 is 14.2. The van der Waals surface area contributed by atoms with Gasteiger partial charge in [-0.25, -0.2) is 4.39 Å². The highest BCUT2D eigenvalue weighted by atomic mass is 79.9. The van der Waals surface area contributed by atoms with E-state index in [2.05, 4.69) is 21.2 Å². The average Bonchev–Trinajstić information content (AvgIpc) is 2.18. The number of aliphatic hydroxyl groups is 1. The van der Waals surface area contributed by atoms with E-state index in [0.717, 1.165) is 4.47 Å². The summed E-state index contributed by atoms with van der Waals surface area (Å²) in [5.41, 5.74) is 0.604. The van der Waals surface area contributed by atoms with Gasteiger partial charge in [-0.15, -0.1) is 0 Å². The quantitative estimate of drug-likeness (QED) is 0.872. The molecule has 78 valence electrons. The third-order valence-electron chi connectivity index (χ3n) is 1.99. The lowest BCUT2D eigenvalue weighted by molar-refractivity contribution is 0.285. The number of rotatable bonds is 4. The Balaban J connectivity index is 2.77. The summed E-state index contributed by atoms with van der Waals surface area (Å²) in [5.74, 6) is -0.230. The van der Waals surface area contributed by atoms with Crippen molar-refractivity contribution in [3.05, 3.63) is 34.1 Å². The molecule has 0 radical (unpaired) electrons. The van der Waals surface area contributed by atoms with Gasteiger partial charge < -0.3 is 10.4 Å². The van der Waals surface area contributed by atoms with E-state index < -0.39 is 0 Å². The minimum atomic E-state index is -0.230. The number of halogens is 2.